The summed E-state index contributed by atoms with van der Waals surface area (Å²) in [5.74, 6) is 0.503. The molecule has 13 heavy (non-hydrogen) atoms. The number of carbonyl (C=O) groups excluding carboxylic acids is 1. The van der Waals surface area contributed by atoms with E-state index in [1.807, 2.05) is 0 Å². The lowest BCUT2D eigenvalue weighted by atomic mass is 10.4. The predicted octanol–water partition coefficient (Wildman–Crippen LogP) is 0.475. The summed E-state index contributed by atoms with van der Waals surface area (Å²) in [4.78, 5) is 22.1. The van der Waals surface area contributed by atoms with Crippen LogP contribution in [0.5, 0.6) is 0 Å². The lowest BCUT2D eigenvalue weighted by Gasteiger charge is -1.97. The van der Waals surface area contributed by atoms with Gasteiger partial charge in [-0.2, -0.15) is 0 Å². The Balaban J connectivity index is 2.38. The van der Waals surface area contributed by atoms with Crippen molar-refractivity contribution in [1.29, 1.82) is 0 Å². The van der Waals surface area contributed by atoms with Gasteiger partial charge in [0.25, 0.3) is 0 Å². The van der Waals surface area contributed by atoms with Crippen molar-refractivity contribution >= 4 is 6.29 Å². The van der Waals surface area contributed by atoms with Gasteiger partial charge in [-0.3, -0.25) is 9.36 Å². The number of hydrogen-bond acceptors (Lipinski definition) is 4. The van der Waals surface area contributed by atoms with Crippen LogP contribution >= 0.6 is 0 Å². The normalized spacial score (nSPS) is 9.85. The number of imidazole rings is 1. The van der Waals surface area contributed by atoms with Crippen LogP contribution in [-0.4, -0.2) is 25.8 Å². The van der Waals surface area contributed by atoms with Gasteiger partial charge in [-0.25, -0.2) is 15.0 Å². The van der Waals surface area contributed by atoms with Crippen molar-refractivity contribution in [3.8, 4) is 5.95 Å². The molecule has 0 unspecified atom stereocenters. The van der Waals surface area contributed by atoms with Crippen molar-refractivity contribution in [3.63, 3.8) is 0 Å². The lowest BCUT2D eigenvalue weighted by molar-refractivity contribution is 0.112. The first-order chi connectivity index (χ1) is 6.40. The molecule has 0 aliphatic rings. The van der Waals surface area contributed by atoms with Gasteiger partial charge in [0.2, 0.25) is 5.95 Å². The van der Waals surface area contributed by atoms with E-state index in [0.717, 1.165) is 0 Å². The fraction of sp³-hybridized carbons (Fsp3) is 0. The highest BCUT2D eigenvalue weighted by Crippen LogP contribution is 1.98. The smallest absolute Gasteiger partial charge is 0.234 e. The Labute approximate surface area is 74.1 Å². The molecule has 0 aliphatic heterocycles. The molecule has 64 valence electrons. The zero-order chi connectivity index (χ0) is 9.10. The van der Waals surface area contributed by atoms with E-state index in [1.165, 1.54) is 12.4 Å². The average molecular weight is 174 g/mol. The highest BCUT2D eigenvalue weighted by Gasteiger charge is 1.97. The third-order valence-electron chi connectivity index (χ3n) is 1.53. The summed E-state index contributed by atoms with van der Waals surface area (Å²) in [7, 11) is 0. The molecule has 2 heterocycles. The van der Waals surface area contributed by atoms with Crippen LogP contribution in [-0.2, 0) is 0 Å². The Kier molecular flexibility index (Phi) is 1.84. The first-order valence-corrected chi connectivity index (χ1v) is 3.66. The molecule has 0 bridgehead atoms. The van der Waals surface area contributed by atoms with Gasteiger partial charge in [0.15, 0.2) is 6.29 Å². The van der Waals surface area contributed by atoms with Gasteiger partial charge in [0.1, 0.15) is 6.33 Å². The third-order valence-corrected chi connectivity index (χ3v) is 1.53. The molecule has 0 radical (unpaired) electrons. The Morgan fingerprint density at radius 2 is 2.08 bits per heavy atom. The van der Waals surface area contributed by atoms with E-state index in [1.54, 1.807) is 23.3 Å². The van der Waals surface area contributed by atoms with E-state index in [2.05, 4.69) is 15.0 Å². The van der Waals surface area contributed by atoms with E-state index < -0.39 is 0 Å². The second kappa shape index (κ2) is 3.14. The maximum atomic E-state index is 10.3. The fourth-order valence-corrected chi connectivity index (χ4v) is 0.903. The van der Waals surface area contributed by atoms with Crippen LogP contribution < -0.4 is 0 Å². The highest BCUT2D eigenvalue weighted by atomic mass is 16.1. The summed E-state index contributed by atoms with van der Waals surface area (Å²) >= 11 is 0. The Hall–Kier alpha value is -2.04. The first-order valence-electron chi connectivity index (χ1n) is 3.66. The zero-order valence-corrected chi connectivity index (χ0v) is 6.66. The minimum absolute atomic E-state index is 0.462. The van der Waals surface area contributed by atoms with E-state index in [4.69, 9.17) is 0 Å². The van der Waals surface area contributed by atoms with Gasteiger partial charge in [-0.05, 0) is 0 Å². The van der Waals surface area contributed by atoms with E-state index in [-0.39, 0.29) is 0 Å². The molecule has 0 saturated heterocycles. The van der Waals surface area contributed by atoms with Crippen molar-refractivity contribution in [3.05, 3.63) is 36.7 Å². The molecule has 0 N–H and O–H groups in total. The maximum Gasteiger partial charge on any atom is 0.234 e. The number of hydrogen-bond donors (Lipinski definition) is 0. The molecular formula is C8H6N4O. The van der Waals surface area contributed by atoms with Gasteiger partial charge in [-0.1, -0.05) is 0 Å². The van der Waals surface area contributed by atoms with E-state index in [9.17, 15) is 4.79 Å². The molecule has 2 aromatic heterocycles. The largest absolute Gasteiger partial charge is 0.298 e. The Bertz CT molecular complexity index is 393. The summed E-state index contributed by atoms with van der Waals surface area (Å²) in [6.45, 7) is 0. The predicted molar refractivity (Wildman–Crippen MR) is 44.5 cm³/mol. The van der Waals surface area contributed by atoms with Gasteiger partial charge >= 0.3 is 0 Å². The second-order valence-corrected chi connectivity index (χ2v) is 2.40. The quantitative estimate of drug-likeness (QED) is 0.621. The average Bonchev–Trinajstić information content (AvgIpc) is 2.71. The van der Waals surface area contributed by atoms with Crippen LogP contribution in [0.15, 0.2) is 31.1 Å². The standard InChI is InChI=1S/C8H6N4O/c13-5-7-3-10-8(11-4-7)12-2-1-9-6-12/h1-6H. The molecule has 0 amide bonds. The topological polar surface area (TPSA) is 60.7 Å². The molecule has 0 spiro atoms. The first kappa shape index (κ1) is 7.60. The summed E-state index contributed by atoms with van der Waals surface area (Å²) in [5, 5.41) is 0. The van der Waals surface area contributed by atoms with Crippen molar-refractivity contribution in [2.24, 2.45) is 0 Å². The van der Waals surface area contributed by atoms with Crippen molar-refractivity contribution in [2.45, 2.75) is 0 Å². The number of rotatable bonds is 2. The molecule has 0 fully saturated rings. The molecule has 2 aromatic rings. The van der Waals surface area contributed by atoms with Crippen molar-refractivity contribution in [2.75, 3.05) is 0 Å². The van der Waals surface area contributed by atoms with Crippen LogP contribution in [0.3, 0.4) is 0 Å². The summed E-state index contributed by atoms with van der Waals surface area (Å²) in [5.41, 5.74) is 0.462. The van der Waals surface area contributed by atoms with Gasteiger partial charge in [-0.15, -0.1) is 0 Å². The number of aldehydes is 1. The molecule has 5 nitrogen and oxygen atoms in total. The van der Waals surface area contributed by atoms with Crippen LogP contribution in [0.25, 0.3) is 5.95 Å². The van der Waals surface area contributed by atoms with Gasteiger partial charge < -0.3 is 0 Å². The minimum Gasteiger partial charge on any atom is -0.298 e. The van der Waals surface area contributed by atoms with Crippen LogP contribution in [0.2, 0.25) is 0 Å². The molecule has 0 saturated carbocycles. The number of carbonyl (C=O) groups is 1. The zero-order valence-electron chi connectivity index (χ0n) is 6.66. The highest BCUT2D eigenvalue weighted by molar-refractivity contribution is 5.73. The van der Waals surface area contributed by atoms with Crippen LogP contribution in [0, 0.1) is 0 Å². The van der Waals surface area contributed by atoms with E-state index >= 15 is 0 Å². The summed E-state index contributed by atoms with van der Waals surface area (Å²) in [6, 6.07) is 0. The molecular weight excluding hydrogens is 168 g/mol. The Morgan fingerprint density at radius 1 is 1.31 bits per heavy atom. The fourth-order valence-electron chi connectivity index (χ4n) is 0.903. The van der Waals surface area contributed by atoms with Crippen molar-refractivity contribution in [1.82, 2.24) is 19.5 Å². The molecule has 0 aliphatic carbocycles. The molecule has 0 atom stereocenters. The second-order valence-electron chi connectivity index (χ2n) is 2.40. The number of nitrogens with zero attached hydrogens (tertiary/aromatic N) is 4. The van der Waals surface area contributed by atoms with Gasteiger partial charge in [0.05, 0.1) is 5.56 Å². The molecule has 5 heteroatoms. The van der Waals surface area contributed by atoms with Crippen LogP contribution in [0.4, 0.5) is 0 Å². The third kappa shape index (κ3) is 1.44. The minimum atomic E-state index is 0.462. The van der Waals surface area contributed by atoms with E-state index in [0.29, 0.717) is 17.8 Å². The number of aromatic nitrogens is 4. The van der Waals surface area contributed by atoms with Crippen molar-refractivity contribution < 1.29 is 4.79 Å². The van der Waals surface area contributed by atoms with Gasteiger partial charge in [0, 0.05) is 24.8 Å². The monoisotopic (exact) mass is 174 g/mol. The summed E-state index contributed by atoms with van der Waals surface area (Å²) in [6.07, 6.45) is 8.60. The summed E-state index contributed by atoms with van der Waals surface area (Å²) < 4.78 is 1.66. The molecule has 0 aromatic carbocycles. The Morgan fingerprint density at radius 3 is 2.62 bits per heavy atom. The maximum absolute atomic E-state index is 10.3. The lowest BCUT2D eigenvalue weighted by Crippen LogP contribution is -1.98. The van der Waals surface area contributed by atoms with Crippen LogP contribution in [0.1, 0.15) is 10.4 Å². The SMILES string of the molecule is O=Cc1cnc(-n2ccnc2)nc1. The molecule has 2 rings (SSSR count).